The van der Waals surface area contributed by atoms with Crippen molar-refractivity contribution in [3.63, 3.8) is 0 Å². The molecule has 2 fully saturated rings. The fourth-order valence-electron chi connectivity index (χ4n) is 3.44. The van der Waals surface area contributed by atoms with Crippen molar-refractivity contribution in [2.24, 2.45) is 0 Å². The van der Waals surface area contributed by atoms with E-state index in [1.807, 2.05) is 17.0 Å². The predicted octanol–water partition coefficient (Wildman–Crippen LogP) is 1.52. The largest absolute Gasteiger partial charge is 0.374 e. The summed E-state index contributed by atoms with van der Waals surface area (Å²) in [4.78, 5) is 18.6. The molecule has 0 radical (unpaired) electrons. The van der Waals surface area contributed by atoms with Crippen molar-refractivity contribution in [2.75, 3.05) is 13.2 Å². The van der Waals surface area contributed by atoms with Gasteiger partial charge in [0.25, 0.3) is 5.91 Å². The van der Waals surface area contributed by atoms with Crippen LogP contribution in [0.5, 0.6) is 0 Å². The van der Waals surface area contributed by atoms with Crippen molar-refractivity contribution in [3.05, 3.63) is 41.2 Å². The lowest BCUT2D eigenvalue weighted by Gasteiger charge is -2.30. The van der Waals surface area contributed by atoms with E-state index >= 15 is 0 Å². The Bertz CT molecular complexity index is 682. The molecular weight excluding hydrogens is 328 g/mol. The lowest BCUT2D eigenvalue weighted by Crippen LogP contribution is -2.46. The Hall–Kier alpha value is -1.90. The summed E-state index contributed by atoms with van der Waals surface area (Å²) in [5.41, 5.74) is 1.47. The molecule has 4 rings (SSSR count). The number of aromatic nitrogens is 3. The monoisotopic (exact) mass is 346 g/mol. The van der Waals surface area contributed by atoms with Gasteiger partial charge in [-0.25, -0.2) is 0 Å². The maximum Gasteiger partial charge on any atom is 0.275 e. The minimum absolute atomic E-state index is 0.0218. The van der Waals surface area contributed by atoms with E-state index in [1.54, 1.807) is 17.8 Å². The van der Waals surface area contributed by atoms with Crippen LogP contribution >= 0.6 is 11.5 Å². The highest BCUT2D eigenvalue weighted by atomic mass is 32.1. The lowest BCUT2D eigenvalue weighted by atomic mass is 10.1. The van der Waals surface area contributed by atoms with Gasteiger partial charge in [-0.1, -0.05) is 4.49 Å². The maximum atomic E-state index is 12.7. The van der Waals surface area contributed by atoms with Crippen LogP contribution < -0.4 is 0 Å². The number of hydrogen-bond acceptors (Lipinski definition) is 7. The Kier molecular flexibility index (Phi) is 4.50. The van der Waals surface area contributed by atoms with Crippen molar-refractivity contribution in [3.8, 4) is 0 Å². The molecular formula is C16H18N4O3S. The van der Waals surface area contributed by atoms with Crippen LogP contribution in [-0.2, 0) is 16.1 Å². The zero-order valence-electron chi connectivity index (χ0n) is 13.1. The second-order valence-corrected chi connectivity index (χ2v) is 6.58. The van der Waals surface area contributed by atoms with E-state index in [1.165, 1.54) is 11.5 Å². The van der Waals surface area contributed by atoms with E-state index < -0.39 is 0 Å². The molecule has 8 heteroatoms. The average molecular weight is 346 g/mol. The highest BCUT2D eigenvalue weighted by Crippen LogP contribution is 2.33. The summed E-state index contributed by atoms with van der Waals surface area (Å²) < 4.78 is 15.9. The molecule has 2 bridgehead atoms. The number of carbonyl (C=O) groups excluding carboxylic acids is 1. The molecule has 3 heterocycles. The maximum absolute atomic E-state index is 12.7. The molecule has 0 N–H and O–H groups in total. The predicted molar refractivity (Wildman–Crippen MR) is 86.5 cm³/mol. The van der Waals surface area contributed by atoms with Crippen molar-refractivity contribution >= 4 is 17.4 Å². The summed E-state index contributed by atoms with van der Waals surface area (Å²) in [7, 11) is 0. The second-order valence-electron chi connectivity index (χ2n) is 5.97. The minimum atomic E-state index is -0.115. The van der Waals surface area contributed by atoms with E-state index in [0.717, 1.165) is 18.4 Å². The third-order valence-electron chi connectivity index (χ3n) is 4.59. The van der Waals surface area contributed by atoms with E-state index in [-0.39, 0.29) is 24.2 Å². The number of nitrogens with zero attached hydrogens (tertiary/aromatic N) is 4. The molecule has 3 atom stereocenters. The van der Waals surface area contributed by atoms with Gasteiger partial charge in [0.2, 0.25) is 0 Å². The van der Waals surface area contributed by atoms with Crippen molar-refractivity contribution < 1.29 is 14.3 Å². The molecule has 1 amide bonds. The van der Waals surface area contributed by atoms with Gasteiger partial charge in [-0.15, -0.1) is 5.10 Å². The van der Waals surface area contributed by atoms with Crippen LogP contribution in [0.4, 0.5) is 0 Å². The molecule has 24 heavy (non-hydrogen) atoms. The Morgan fingerprint density at radius 2 is 2.25 bits per heavy atom. The number of fused-ring (bicyclic) bond motifs is 2. The van der Waals surface area contributed by atoms with Gasteiger partial charge in [-0.2, -0.15) is 0 Å². The normalized spacial score (nSPS) is 26.3. The molecule has 2 aromatic rings. The van der Waals surface area contributed by atoms with Crippen LogP contribution in [-0.4, -0.2) is 56.8 Å². The third-order valence-corrected chi connectivity index (χ3v) is 5.09. The Morgan fingerprint density at radius 3 is 3.04 bits per heavy atom. The van der Waals surface area contributed by atoms with Crippen molar-refractivity contribution in [1.29, 1.82) is 0 Å². The van der Waals surface area contributed by atoms with Gasteiger partial charge in [0.05, 0.1) is 25.4 Å². The highest BCUT2D eigenvalue weighted by molar-refractivity contribution is 7.03. The van der Waals surface area contributed by atoms with Crippen molar-refractivity contribution in [2.45, 2.75) is 37.7 Å². The van der Waals surface area contributed by atoms with E-state index in [0.29, 0.717) is 25.5 Å². The average Bonchev–Trinajstić information content (AvgIpc) is 3.22. The smallest absolute Gasteiger partial charge is 0.275 e. The summed E-state index contributed by atoms with van der Waals surface area (Å²) in [5, 5.41) is 5.60. The van der Waals surface area contributed by atoms with E-state index in [4.69, 9.17) is 9.47 Å². The Morgan fingerprint density at radius 1 is 1.38 bits per heavy atom. The highest BCUT2D eigenvalue weighted by Gasteiger charge is 2.45. The standard InChI is InChI=1S/C16H18N4O3S/c21-16(12-10-24-19-18-12)20-7-8-22-14-2-1-13(20)15(14)23-9-11-3-5-17-6-4-11/h3-6,10,13-15H,1-2,7-9H2. The Balaban J connectivity index is 1.50. The third kappa shape index (κ3) is 3.04. The number of ether oxygens (including phenoxy) is 2. The fourth-order valence-corrected chi connectivity index (χ4v) is 3.87. The summed E-state index contributed by atoms with van der Waals surface area (Å²) in [6.45, 7) is 1.58. The van der Waals surface area contributed by atoms with Crippen LogP contribution in [0.1, 0.15) is 28.9 Å². The molecule has 126 valence electrons. The summed E-state index contributed by atoms with van der Waals surface area (Å²) in [5.74, 6) is -0.0857. The zero-order valence-corrected chi connectivity index (χ0v) is 13.9. The summed E-state index contributed by atoms with van der Waals surface area (Å²) in [6.07, 6.45) is 5.23. The zero-order chi connectivity index (χ0) is 16.4. The quantitative estimate of drug-likeness (QED) is 0.835. The Labute approximate surface area is 143 Å². The second kappa shape index (κ2) is 6.92. The van der Waals surface area contributed by atoms with Gasteiger partial charge >= 0.3 is 0 Å². The van der Waals surface area contributed by atoms with Crippen LogP contribution in [0.25, 0.3) is 0 Å². The molecule has 1 aliphatic carbocycles. The molecule has 2 aliphatic rings. The summed E-state index contributed by atoms with van der Waals surface area (Å²) >= 11 is 1.19. The first-order chi connectivity index (χ1) is 11.8. The molecule has 1 saturated heterocycles. The first-order valence-corrected chi connectivity index (χ1v) is 8.87. The molecule has 2 aromatic heterocycles. The van der Waals surface area contributed by atoms with Gasteiger partial charge in [0.1, 0.15) is 6.10 Å². The molecule has 0 spiro atoms. The SMILES string of the molecule is O=C(c1csnn1)N1CCOC2CCC1C2OCc1ccncc1. The van der Waals surface area contributed by atoms with Gasteiger partial charge in [0.15, 0.2) is 5.69 Å². The topological polar surface area (TPSA) is 77.4 Å². The summed E-state index contributed by atoms with van der Waals surface area (Å²) in [6, 6.07) is 3.89. The first-order valence-electron chi connectivity index (χ1n) is 8.03. The molecule has 1 saturated carbocycles. The molecule has 3 unspecified atom stereocenters. The van der Waals surface area contributed by atoms with Crippen LogP contribution in [0.15, 0.2) is 29.9 Å². The van der Waals surface area contributed by atoms with Crippen LogP contribution in [0, 0.1) is 0 Å². The minimum Gasteiger partial charge on any atom is -0.374 e. The lowest BCUT2D eigenvalue weighted by molar-refractivity contribution is -0.0598. The van der Waals surface area contributed by atoms with Crippen LogP contribution in [0.3, 0.4) is 0 Å². The fraction of sp³-hybridized carbons (Fsp3) is 0.500. The number of pyridine rings is 1. The van der Waals surface area contributed by atoms with Gasteiger partial charge in [-0.05, 0) is 42.1 Å². The number of amides is 1. The number of carbonyl (C=O) groups is 1. The number of rotatable bonds is 4. The number of hydrogen-bond donors (Lipinski definition) is 0. The van der Waals surface area contributed by atoms with Crippen molar-refractivity contribution in [1.82, 2.24) is 19.5 Å². The van der Waals surface area contributed by atoms with E-state index in [2.05, 4.69) is 14.6 Å². The van der Waals surface area contributed by atoms with Gasteiger partial charge in [-0.3, -0.25) is 9.78 Å². The van der Waals surface area contributed by atoms with Gasteiger partial charge < -0.3 is 14.4 Å². The van der Waals surface area contributed by atoms with E-state index in [9.17, 15) is 4.79 Å². The van der Waals surface area contributed by atoms with Gasteiger partial charge in [0, 0.05) is 24.3 Å². The first kappa shape index (κ1) is 15.6. The molecule has 1 aliphatic heterocycles. The molecule has 0 aromatic carbocycles. The molecule has 7 nitrogen and oxygen atoms in total. The van der Waals surface area contributed by atoms with Crippen LogP contribution in [0.2, 0.25) is 0 Å².